The number of hydrogen-bond donors (Lipinski definition) is 2. The predicted molar refractivity (Wildman–Crippen MR) is 92.5 cm³/mol. The zero-order valence-corrected chi connectivity index (χ0v) is 14.5. The van der Waals surface area contributed by atoms with E-state index in [2.05, 4.69) is 25.5 Å². The Morgan fingerprint density at radius 2 is 1.71 bits per heavy atom. The summed E-state index contributed by atoms with van der Waals surface area (Å²) in [6, 6.07) is 6.83. The number of aliphatic hydroxyl groups is 1. The fourth-order valence-electron chi connectivity index (χ4n) is 2.44. The summed E-state index contributed by atoms with van der Waals surface area (Å²) in [7, 11) is 0. The van der Waals surface area contributed by atoms with Gasteiger partial charge in [0.25, 0.3) is 0 Å². The van der Waals surface area contributed by atoms with Crippen LogP contribution in [0.15, 0.2) is 48.9 Å². The van der Waals surface area contributed by atoms with Crippen molar-refractivity contribution in [1.82, 2.24) is 20.2 Å². The zero-order chi connectivity index (χ0) is 20.3. The summed E-state index contributed by atoms with van der Waals surface area (Å²) in [5, 5.41) is 20.2. The first-order valence-electron chi connectivity index (χ1n) is 8.16. The van der Waals surface area contributed by atoms with Crippen molar-refractivity contribution in [2.45, 2.75) is 25.2 Å². The molecule has 0 saturated carbocycles. The fourth-order valence-corrected chi connectivity index (χ4v) is 2.44. The van der Waals surface area contributed by atoms with Gasteiger partial charge in [-0.25, -0.2) is 9.37 Å². The number of halogens is 4. The quantitative estimate of drug-likeness (QED) is 0.641. The van der Waals surface area contributed by atoms with Gasteiger partial charge < -0.3 is 10.4 Å². The lowest BCUT2D eigenvalue weighted by Gasteiger charge is -2.15. The van der Waals surface area contributed by atoms with Crippen LogP contribution < -0.4 is 5.32 Å². The van der Waals surface area contributed by atoms with Gasteiger partial charge >= 0.3 is 6.18 Å². The molecule has 0 fully saturated rings. The van der Waals surface area contributed by atoms with Gasteiger partial charge in [0, 0.05) is 23.5 Å². The van der Waals surface area contributed by atoms with Crippen LogP contribution >= 0.6 is 0 Å². The molecule has 146 valence electrons. The smallest absolute Gasteiger partial charge is 0.379 e. The van der Waals surface area contributed by atoms with E-state index in [1.54, 1.807) is 12.1 Å². The van der Waals surface area contributed by atoms with Crippen molar-refractivity contribution in [2.24, 2.45) is 0 Å². The van der Waals surface area contributed by atoms with Gasteiger partial charge in [-0.3, -0.25) is 4.98 Å². The molecule has 2 atom stereocenters. The Hall–Kier alpha value is -3.14. The largest absolute Gasteiger partial charge is 0.418 e. The highest BCUT2D eigenvalue weighted by atomic mass is 19.4. The van der Waals surface area contributed by atoms with E-state index in [9.17, 15) is 22.7 Å². The van der Waals surface area contributed by atoms with Crippen molar-refractivity contribution in [1.29, 1.82) is 0 Å². The first-order valence-corrected chi connectivity index (χ1v) is 8.16. The van der Waals surface area contributed by atoms with Gasteiger partial charge in [0.15, 0.2) is 6.10 Å². The minimum atomic E-state index is -4.80. The molecule has 28 heavy (non-hydrogen) atoms. The van der Waals surface area contributed by atoms with Crippen LogP contribution in [0.4, 0.5) is 23.5 Å². The monoisotopic (exact) mass is 393 g/mol. The SMILES string of the molecule is CC(Nc1ncc(-c2cncc(C(O)C(F)(F)F)c2)nn1)c1ccc(F)cc1. The average molecular weight is 393 g/mol. The van der Waals surface area contributed by atoms with Gasteiger partial charge in [0.2, 0.25) is 5.95 Å². The second kappa shape index (κ2) is 7.85. The Morgan fingerprint density at radius 1 is 1.00 bits per heavy atom. The second-order valence-corrected chi connectivity index (χ2v) is 6.04. The van der Waals surface area contributed by atoms with Crippen LogP contribution in [0.3, 0.4) is 0 Å². The molecule has 2 heterocycles. The van der Waals surface area contributed by atoms with Crippen molar-refractivity contribution >= 4 is 5.95 Å². The van der Waals surface area contributed by atoms with Gasteiger partial charge in [-0.05, 0) is 30.7 Å². The number of rotatable bonds is 5. The minimum absolute atomic E-state index is 0.194. The molecule has 10 heteroatoms. The molecule has 3 aromatic rings. The molecule has 6 nitrogen and oxygen atoms in total. The molecule has 2 N–H and O–H groups in total. The predicted octanol–water partition coefficient (Wildman–Crippen LogP) is 3.84. The summed E-state index contributed by atoms with van der Waals surface area (Å²) in [4.78, 5) is 7.80. The molecular weight excluding hydrogens is 378 g/mol. The first-order chi connectivity index (χ1) is 13.2. The van der Waals surface area contributed by atoms with Crippen LogP contribution in [0, 0.1) is 5.82 Å². The summed E-state index contributed by atoms with van der Waals surface area (Å²) in [6.45, 7) is 1.83. The van der Waals surface area contributed by atoms with E-state index in [-0.39, 0.29) is 29.1 Å². The van der Waals surface area contributed by atoms with Crippen molar-refractivity contribution < 1.29 is 22.7 Å². The standard InChI is InChI=1S/C18H15F4N5O/c1-10(11-2-4-14(19)5-3-11)25-17-24-9-15(26-27-17)12-6-13(8-23-7-12)16(28)18(20,21)22/h2-10,16,28H,1H3,(H,24,25,27). The number of aliphatic hydroxyl groups excluding tert-OH is 1. The molecule has 0 aliphatic heterocycles. The molecule has 0 aliphatic carbocycles. The molecule has 0 aliphatic rings. The molecule has 3 rings (SSSR count). The van der Waals surface area contributed by atoms with E-state index in [1.807, 2.05) is 6.92 Å². The molecule has 0 saturated heterocycles. The van der Waals surface area contributed by atoms with Crippen molar-refractivity contribution in [3.8, 4) is 11.3 Å². The van der Waals surface area contributed by atoms with E-state index in [4.69, 9.17) is 0 Å². The van der Waals surface area contributed by atoms with Crippen molar-refractivity contribution in [2.75, 3.05) is 5.32 Å². The first kappa shape index (κ1) is 19.6. The molecule has 2 aromatic heterocycles. The van der Waals surface area contributed by atoms with Gasteiger partial charge in [-0.1, -0.05) is 12.1 Å². The normalized spacial score (nSPS) is 13.8. The average Bonchev–Trinajstić information content (AvgIpc) is 2.68. The van der Waals surface area contributed by atoms with Crippen LogP contribution in [-0.2, 0) is 0 Å². The van der Waals surface area contributed by atoms with Gasteiger partial charge in [-0.2, -0.15) is 13.2 Å². The number of nitrogens with zero attached hydrogens (tertiary/aromatic N) is 4. The maximum atomic E-state index is 13.0. The van der Waals surface area contributed by atoms with Crippen LogP contribution in [0.5, 0.6) is 0 Å². The minimum Gasteiger partial charge on any atom is -0.379 e. The highest BCUT2D eigenvalue weighted by molar-refractivity contribution is 5.57. The van der Waals surface area contributed by atoms with Crippen molar-refractivity contribution in [3.63, 3.8) is 0 Å². The highest BCUT2D eigenvalue weighted by Gasteiger charge is 2.39. The second-order valence-electron chi connectivity index (χ2n) is 6.04. The Morgan fingerprint density at radius 3 is 2.32 bits per heavy atom. The Labute approximate surface area is 157 Å². The Balaban J connectivity index is 1.75. The molecule has 0 bridgehead atoms. The van der Waals surface area contributed by atoms with E-state index in [0.717, 1.165) is 17.8 Å². The van der Waals surface area contributed by atoms with E-state index < -0.39 is 17.8 Å². The molecule has 1 aromatic carbocycles. The summed E-state index contributed by atoms with van der Waals surface area (Å²) >= 11 is 0. The zero-order valence-electron chi connectivity index (χ0n) is 14.5. The summed E-state index contributed by atoms with van der Waals surface area (Å²) in [5.41, 5.74) is 0.841. The van der Waals surface area contributed by atoms with Crippen LogP contribution in [-0.4, -0.2) is 31.4 Å². The van der Waals surface area contributed by atoms with Gasteiger partial charge in [0.05, 0.1) is 12.2 Å². The molecular formula is C18H15F4N5O. The summed E-state index contributed by atoms with van der Waals surface area (Å²) in [5.74, 6) is -0.148. The summed E-state index contributed by atoms with van der Waals surface area (Å²) < 4.78 is 51.0. The van der Waals surface area contributed by atoms with Gasteiger partial charge in [-0.15, -0.1) is 10.2 Å². The van der Waals surface area contributed by atoms with Crippen LogP contribution in [0.25, 0.3) is 11.3 Å². The number of nitrogens with one attached hydrogen (secondary N) is 1. The number of pyridine rings is 1. The lowest BCUT2D eigenvalue weighted by atomic mass is 10.1. The number of alkyl halides is 3. The number of anilines is 1. The lowest BCUT2D eigenvalue weighted by molar-refractivity contribution is -0.206. The highest BCUT2D eigenvalue weighted by Crippen LogP contribution is 2.33. The van der Waals surface area contributed by atoms with E-state index >= 15 is 0 Å². The Bertz CT molecular complexity index is 932. The third-order valence-electron chi connectivity index (χ3n) is 3.96. The van der Waals surface area contributed by atoms with Gasteiger partial charge in [0.1, 0.15) is 11.5 Å². The van der Waals surface area contributed by atoms with Crippen LogP contribution in [0.2, 0.25) is 0 Å². The molecule has 0 spiro atoms. The topological polar surface area (TPSA) is 83.8 Å². The van der Waals surface area contributed by atoms with Crippen LogP contribution in [0.1, 0.15) is 30.2 Å². The van der Waals surface area contributed by atoms with E-state index in [0.29, 0.717) is 0 Å². The molecule has 0 radical (unpaired) electrons. The number of aromatic nitrogens is 4. The third-order valence-corrected chi connectivity index (χ3v) is 3.96. The molecule has 2 unspecified atom stereocenters. The summed E-state index contributed by atoms with van der Waals surface area (Å²) in [6.07, 6.45) is -3.88. The van der Waals surface area contributed by atoms with Crippen molar-refractivity contribution in [3.05, 3.63) is 65.9 Å². The maximum Gasteiger partial charge on any atom is 0.418 e. The third kappa shape index (κ3) is 4.58. The molecule has 0 amide bonds. The Kier molecular flexibility index (Phi) is 5.50. The van der Waals surface area contributed by atoms with E-state index in [1.165, 1.54) is 24.5 Å². The number of hydrogen-bond acceptors (Lipinski definition) is 6. The maximum absolute atomic E-state index is 13.0. The fraction of sp³-hybridized carbons (Fsp3) is 0.222. The number of benzene rings is 1. The lowest BCUT2D eigenvalue weighted by Crippen LogP contribution is -2.20.